The van der Waals surface area contributed by atoms with E-state index in [1.165, 1.54) is 21.2 Å². The van der Waals surface area contributed by atoms with Crippen molar-refractivity contribution in [3.8, 4) is 0 Å². The van der Waals surface area contributed by atoms with E-state index in [1.807, 2.05) is 0 Å². The third-order valence-electron chi connectivity index (χ3n) is 4.39. The minimum Gasteiger partial charge on any atom is -0.380 e. The Morgan fingerprint density at radius 2 is 2.00 bits per heavy atom. The molecule has 0 bridgehead atoms. The number of benzene rings is 2. The summed E-state index contributed by atoms with van der Waals surface area (Å²) in [5.74, 6) is 0. The Kier molecular flexibility index (Phi) is 2.53. The first-order chi connectivity index (χ1) is 9.68. The van der Waals surface area contributed by atoms with Gasteiger partial charge in [-0.3, -0.25) is 0 Å². The lowest BCUT2D eigenvalue weighted by atomic mass is 9.87. The monoisotopic (exact) mass is 280 g/mol. The lowest BCUT2D eigenvalue weighted by molar-refractivity contribution is 0.0846. The van der Waals surface area contributed by atoms with Crippen molar-refractivity contribution in [2.75, 3.05) is 0 Å². The van der Waals surface area contributed by atoms with Crippen LogP contribution in [0.2, 0.25) is 0 Å². The molecule has 0 saturated carbocycles. The molecule has 20 heavy (non-hydrogen) atoms. The van der Waals surface area contributed by atoms with Gasteiger partial charge in [0.05, 0.1) is 0 Å². The van der Waals surface area contributed by atoms with Gasteiger partial charge in [-0.15, -0.1) is 11.3 Å². The molecule has 4 rings (SSSR count). The van der Waals surface area contributed by atoms with E-state index in [0.717, 1.165) is 24.0 Å². The van der Waals surface area contributed by atoms with Gasteiger partial charge in [-0.1, -0.05) is 42.0 Å². The first-order valence-corrected chi connectivity index (χ1v) is 7.85. The average Bonchev–Trinajstić information content (AvgIpc) is 3.04. The lowest BCUT2D eigenvalue weighted by Crippen LogP contribution is -2.24. The van der Waals surface area contributed by atoms with Crippen molar-refractivity contribution in [1.82, 2.24) is 0 Å². The smallest absolute Gasteiger partial charge is 0.117 e. The molecule has 2 aromatic carbocycles. The summed E-state index contributed by atoms with van der Waals surface area (Å²) >= 11 is 1.72. The van der Waals surface area contributed by atoms with Gasteiger partial charge in [0.15, 0.2) is 0 Å². The van der Waals surface area contributed by atoms with E-state index >= 15 is 0 Å². The van der Waals surface area contributed by atoms with E-state index < -0.39 is 5.60 Å². The molecule has 1 unspecified atom stereocenters. The van der Waals surface area contributed by atoms with E-state index in [1.54, 1.807) is 11.3 Å². The van der Waals surface area contributed by atoms with E-state index in [9.17, 15) is 5.11 Å². The van der Waals surface area contributed by atoms with Crippen LogP contribution in [0.3, 0.4) is 0 Å². The minimum absolute atomic E-state index is 0.781. The highest BCUT2D eigenvalue weighted by atomic mass is 32.1. The van der Waals surface area contributed by atoms with Crippen molar-refractivity contribution >= 4 is 21.4 Å². The zero-order chi connectivity index (χ0) is 13.7. The minimum atomic E-state index is -0.828. The lowest BCUT2D eigenvalue weighted by Gasteiger charge is -2.25. The Morgan fingerprint density at radius 1 is 1.10 bits per heavy atom. The maximum Gasteiger partial charge on any atom is 0.117 e. The molecule has 1 aliphatic carbocycles. The summed E-state index contributed by atoms with van der Waals surface area (Å²) in [7, 11) is 0. The van der Waals surface area contributed by atoms with E-state index in [2.05, 4.69) is 54.8 Å². The average molecular weight is 280 g/mol. The van der Waals surface area contributed by atoms with Gasteiger partial charge in [-0.2, -0.15) is 0 Å². The van der Waals surface area contributed by atoms with Crippen molar-refractivity contribution in [1.29, 1.82) is 0 Å². The number of rotatable bonds is 1. The number of fused-ring (bicyclic) bond motifs is 2. The highest BCUT2D eigenvalue weighted by Crippen LogP contribution is 2.45. The van der Waals surface area contributed by atoms with Crippen molar-refractivity contribution in [2.45, 2.75) is 25.4 Å². The van der Waals surface area contributed by atoms with Crippen LogP contribution in [0.15, 0.2) is 47.8 Å². The van der Waals surface area contributed by atoms with E-state index in [4.69, 9.17) is 0 Å². The number of aliphatic hydroxyl groups is 1. The maximum atomic E-state index is 11.4. The summed E-state index contributed by atoms with van der Waals surface area (Å²) in [5, 5.41) is 14.7. The SMILES string of the molecule is Cc1ccc2c(c1)C(O)(c1cccc3ccsc13)CC2. The van der Waals surface area contributed by atoms with Crippen LogP contribution in [0.1, 0.15) is 28.7 Å². The highest BCUT2D eigenvalue weighted by molar-refractivity contribution is 7.17. The fourth-order valence-electron chi connectivity index (χ4n) is 3.34. The molecule has 0 fully saturated rings. The molecule has 2 heteroatoms. The molecule has 1 aromatic heterocycles. The van der Waals surface area contributed by atoms with Gasteiger partial charge < -0.3 is 5.11 Å². The molecule has 0 aliphatic heterocycles. The highest BCUT2D eigenvalue weighted by Gasteiger charge is 2.39. The fraction of sp³-hybridized carbons (Fsp3) is 0.222. The molecule has 0 amide bonds. The summed E-state index contributed by atoms with van der Waals surface area (Å²) in [6.45, 7) is 2.09. The summed E-state index contributed by atoms with van der Waals surface area (Å²) in [5.41, 5.74) is 3.83. The molecule has 0 radical (unpaired) electrons. The second-order valence-corrected chi connectivity index (χ2v) is 6.58. The molecule has 1 nitrogen and oxygen atoms in total. The van der Waals surface area contributed by atoms with Gasteiger partial charge in [-0.05, 0) is 47.7 Å². The van der Waals surface area contributed by atoms with Crippen LogP contribution in [-0.4, -0.2) is 5.11 Å². The zero-order valence-corrected chi connectivity index (χ0v) is 12.2. The van der Waals surface area contributed by atoms with Crippen LogP contribution < -0.4 is 0 Å². The number of hydrogen-bond acceptors (Lipinski definition) is 2. The first kappa shape index (κ1) is 12.1. The molecule has 0 spiro atoms. The molecule has 1 N–H and O–H groups in total. The second-order valence-electron chi connectivity index (χ2n) is 5.67. The van der Waals surface area contributed by atoms with Gasteiger partial charge in [0.2, 0.25) is 0 Å². The molecule has 3 aromatic rings. The Hall–Kier alpha value is -1.64. The van der Waals surface area contributed by atoms with Crippen molar-refractivity contribution < 1.29 is 5.11 Å². The van der Waals surface area contributed by atoms with Crippen molar-refractivity contribution in [3.63, 3.8) is 0 Å². The second kappa shape index (κ2) is 4.18. The summed E-state index contributed by atoms with van der Waals surface area (Å²) < 4.78 is 1.21. The topological polar surface area (TPSA) is 20.2 Å². The van der Waals surface area contributed by atoms with Crippen LogP contribution in [-0.2, 0) is 12.0 Å². The summed E-state index contributed by atoms with van der Waals surface area (Å²) in [6, 6.07) is 14.8. The van der Waals surface area contributed by atoms with Gasteiger partial charge >= 0.3 is 0 Å². The Labute approximate surface area is 122 Å². The molecule has 100 valence electrons. The molecule has 1 atom stereocenters. The molecule has 1 aliphatic rings. The summed E-state index contributed by atoms with van der Waals surface area (Å²) in [4.78, 5) is 0. The van der Waals surface area contributed by atoms with Crippen LogP contribution >= 0.6 is 11.3 Å². The third kappa shape index (κ3) is 1.58. The van der Waals surface area contributed by atoms with Gasteiger partial charge in [0, 0.05) is 10.3 Å². The molecule has 0 saturated heterocycles. The van der Waals surface area contributed by atoms with Crippen LogP contribution in [0, 0.1) is 6.92 Å². The number of aryl methyl sites for hydroxylation is 2. The quantitative estimate of drug-likeness (QED) is 0.701. The number of thiophene rings is 1. The zero-order valence-electron chi connectivity index (χ0n) is 11.4. The van der Waals surface area contributed by atoms with Crippen LogP contribution in [0.25, 0.3) is 10.1 Å². The normalized spacial score (nSPS) is 21.3. The van der Waals surface area contributed by atoms with Crippen molar-refractivity contribution in [3.05, 3.63) is 70.1 Å². The first-order valence-electron chi connectivity index (χ1n) is 6.97. The van der Waals surface area contributed by atoms with Gasteiger partial charge in [0.1, 0.15) is 5.60 Å². The molecular weight excluding hydrogens is 264 g/mol. The van der Waals surface area contributed by atoms with Gasteiger partial charge in [0.25, 0.3) is 0 Å². The van der Waals surface area contributed by atoms with Crippen LogP contribution in [0.5, 0.6) is 0 Å². The Bertz CT molecular complexity index is 802. The van der Waals surface area contributed by atoms with Crippen LogP contribution in [0.4, 0.5) is 0 Å². The van der Waals surface area contributed by atoms with Crippen molar-refractivity contribution in [2.24, 2.45) is 0 Å². The molecule has 1 heterocycles. The third-order valence-corrected chi connectivity index (χ3v) is 5.36. The molecular formula is C18H16OS. The maximum absolute atomic E-state index is 11.4. The Morgan fingerprint density at radius 3 is 2.90 bits per heavy atom. The summed E-state index contributed by atoms with van der Waals surface area (Å²) in [6.07, 6.45) is 1.73. The van der Waals surface area contributed by atoms with Gasteiger partial charge in [-0.25, -0.2) is 0 Å². The fourth-order valence-corrected chi connectivity index (χ4v) is 4.33. The largest absolute Gasteiger partial charge is 0.380 e. The predicted molar refractivity (Wildman–Crippen MR) is 84.3 cm³/mol. The van der Waals surface area contributed by atoms with E-state index in [0.29, 0.717) is 0 Å². The predicted octanol–water partition coefficient (Wildman–Crippen LogP) is 4.39. The standard InChI is InChI=1S/C18H16OS/c1-12-5-6-13-7-9-18(19,16(13)11-12)15-4-2-3-14-8-10-20-17(14)15/h2-6,8,10-11,19H,7,9H2,1H3. The Balaban J connectivity index is 2.00. The number of hydrogen-bond donors (Lipinski definition) is 1. The van der Waals surface area contributed by atoms with E-state index in [-0.39, 0.29) is 0 Å².